The van der Waals surface area contributed by atoms with Gasteiger partial charge in [-0.1, -0.05) is 6.07 Å². The minimum Gasteiger partial charge on any atom is -0.469 e. The molecule has 0 aliphatic rings. The Kier molecular flexibility index (Phi) is 6.82. The van der Waals surface area contributed by atoms with E-state index in [9.17, 15) is 22.4 Å². The third-order valence-electron chi connectivity index (χ3n) is 5.18. The van der Waals surface area contributed by atoms with Gasteiger partial charge in [0.25, 0.3) is 5.91 Å². The van der Waals surface area contributed by atoms with E-state index in [0.29, 0.717) is 27.7 Å². The predicted molar refractivity (Wildman–Crippen MR) is 123 cm³/mol. The zero-order valence-corrected chi connectivity index (χ0v) is 19.3. The molecule has 0 fully saturated rings. The van der Waals surface area contributed by atoms with Gasteiger partial charge in [-0.25, -0.2) is 22.5 Å². The number of ether oxygens (including phenoxy) is 1. The van der Waals surface area contributed by atoms with Gasteiger partial charge in [0.1, 0.15) is 5.82 Å². The van der Waals surface area contributed by atoms with Crippen LogP contribution in [-0.4, -0.2) is 52.9 Å². The highest BCUT2D eigenvalue weighted by Gasteiger charge is 2.19. The van der Waals surface area contributed by atoms with E-state index >= 15 is 0 Å². The van der Waals surface area contributed by atoms with E-state index in [1.165, 1.54) is 50.0 Å². The van der Waals surface area contributed by atoms with E-state index in [1.54, 1.807) is 23.0 Å². The number of sulfone groups is 1. The highest BCUT2D eigenvalue weighted by Crippen LogP contribution is 2.21. The summed E-state index contributed by atoms with van der Waals surface area (Å²) >= 11 is 0. The number of pyridine rings is 2. The van der Waals surface area contributed by atoms with Crippen molar-refractivity contribution in [3.63, 3.8) is 0 Å². The van der Waals surface area contributed by atoms with Crippen molar-refractivity contribution < 1.29 is 27.1 Å². The smallest absolute Gasteiger partial charge is 0.306 e. The van der Waals surface area contributed by atoms with Crippen molar-refractivity contribution in [2.24, 2.45) is 0 Å². The average Bonchev–Trinajstić information content (AvgIpc) is 3.31. The molecule has 4 aromatic rings. The van der Waals surface area contributed by atoms with E-state index in [-0.39, 0.29) is 23.8 Å². The molecule has 1 aromatic carbocycles. The number of halogens is 1. The monoisotopic (exact) mass is 497 g/mol. The Morgan fingerprint density at radius 1 is 1.06 bits per heavy atom. The van der Waals surface area contributed by atoms with Crippen molar-refractivity contribution in [2.75, 3.05) is 12.9 Å². The first-order valence-electron chi connectivity index (χ1n) is 10.4. The van der Waals surface area contributed by atoms with Gasteiger partial charge in [0, 0.05) is 24.3 Å². The minimum absolute atomic E-state index is 0.0941. The number of aromatic nitrogens is 4. The van der Waals surface area contributed by atoms with Gasteiger partial charge < -0.3 is 10.1 Å². The molecule has 10 nitrogen and oxygen atoms in total. The van der Waals surface area contributed by atoms with Gasteiger partial charge >= 0.3 is 5.97 Å². The summed E-state index contributed by atoms with van der Waals surface area (Å²) in [7, 11) is -2.56. The molecular weight excluding hydrogens is 477 g/mol. The van der Waals surface area contributed by atoms with Gasteiger partial charge in [-0.3, -0.25) is 14.6 Å². The Morgan fingerprint density at radius 3 is 2.51 bits per heavy atom. The summed E-state index contributed by atoms with van der Waals surface area (Å²) in [5.74, 6) is -1.81. The van der Waals surface area contributed by atoms with Gasteiger partial charge in [0.2, 0.25) is 0 Å². The summed E-state index contributed by atoms with van der Waals surface area (Å²) in [5, 5.41) is 7.45. The first-order valence-corrected chi connectivity index (χ1v) is 12.0. The van der Waals surface area contributed by atoms with E-state index in [1.807, 2.05) is 0 Å². The van der Waals surface area contributed by atoms with Gasteiger partial charge in [-0.05, 0) is 35.9 Å². The molecule has 0 atom stereocenters. The minimum atomic E-state index is -3.74. The summed E-state index contributed by atoms with van der Waals surface area (Å²) < 4.78 is 43.8. The molecule has 35 heavy (non-hydrogen) atoms. The molecular formula is C23H20FN5O5S. The van der Waals surface area contributed by atoms with Gasteiger partial charge in [-0.2, -0.15) is 5.10 Å². The number of esters is 1. The first kappa shape index (κ1) is 24.0. The number of amides is 1. The molecule has 1 N–H and O–H groups in total. The maximum atomic E-state index is 13.2. The molecule has 0 aliphatic carbocycles. The second-order valence-corrected chi connectivity index (χ2v) is 9.54. The lowest BCUT2D eigenvalue weighted by Crippen LogP contribution is -2.23. The fourth-order valence-corrected chi connectivity index (χ4v) is 4.45. The molecule has 0 unspecified atom stereocenters. The van der Waals surface area contributed by atoms with Crippen LogP contribution in [0.25, 0.3) is 16.6 Å². The summed E-state index contributed by atoms with van der Waals surface area (Å²) in [6, 6.07) is 8.63. The number of nitrogens with zero attached hydrogens (tertiary/aromatic N) is 4. The van der Waals surface area contributed by atoms with Crippen molar-refractivity contribution in [1.82, 2.24) is 25.1 Å². The van der Waals surface area contributed by atoms with Gasteiger partial charge in [-0.15, -0.1) is 0 Å². The molecule has 0 radical (unpaired) electrons. The Labute approximate surface area is 199 Å². The fraction of sp³-hybridized carbons (Fsp3) is 0.174. The van der Waals surface area contributed by atoms with Crippen molar-refractivity contribution in [3.05, 3.63) is 78.1 Å². The number of methoxy groups -OCH3 is 1. The van der Waals surface area contributed by atoms with Crippen molar-refractivity contribution in [2.45, 2.75) is 18.0 Å². The van der Waals surface area contributed by atoms with Crippen LogP contribution in [0.3, 0.4) is 0 Å². The lowest BCUT2D eigenvalue weighted by molar-refractivity contribution is -0.140. The maximum Gasteiger partial charge on any atom is 0.306 e. The average molecular weight is 498 g/mol. The molecule has 0 spiro atoms. The Balaban J connectivity index is 1.46. The fourth-order valence-electron chi connectivity index (χ4n) is 3.31. The van der Waals surface area contributed by atoms with Gasteiger partial charge in [0.15, 0.2) is 14.9 Å². The quantitative estimate of drug-likeness (QED) is 0.367. The second kappa shape index (κ2) is 9.97. The highest BCUT2D eigenvalue weighted by atomic mass is 32.2. The zero-order valence-electron chi connectivity index (χ0n) is 18.5. The molecule has 0 bridgehead atoms. The lowest BCUT2D eigenvalue weighted by atomic mass is 10.1. The maximum absolute atomic E-state index is 13.2. The first-order chi connectivity index (χ1) is 16.8. The Morgan fingerprint density at radius 2 is 1.83 bits per heavy atom. The highest BCUT2D eigenvalue weighted by molar-refractivity contribution is 7.91. The number of benzene rings is 1. The molecule has 0 aliphatic heterocycles. The summed E-state index contributed by atoms with van der Waals surface area (Å²) in [4.78, 5) is 32.1. The predicted octanol–water partition coefficient (Wildman–Crippen LogP) is 2.22. The molecule has 0 saturated heterocycles. The standard InChI is InChI=1S/C23H20FN5O5S/c1-34-22(30)8-9-35(32,33)21-7-2-15(10-26-21)11-27-23(31)19-12-25-14-20-18(19)13-28-29(20)17-5-3-16(24)4-6-17/h2-7,10,12-14H,8-9,11H2,1H3,(H,27,31). The number of hydrogen-bond acceptors (Lipinski definition) is 8. The van der Waals surface area contributed by atoms with E-state index in [0.717, 1.165) is 0 Å². The molecule has 3 aromatic heterocycles. The van der Waals surface area contributed by atoms with Crippen LogP contribution in [0.1, 0.15) is 22.3 Å². The SMILES string of the molecule is COC(=O)CCS(=O)(=O)c1ccc(CNC(=O)c2cncc3c2cnn3-c2ccc(F)cc2)cn1. The summed E-state index contributed by atoms with van der Waals surface area (Å²) in [5.41, 5.74) is 2.07. The van der Waals surface area contributed by atoms with Crippen LogP contribution >= 0.6 is 0 Å². The van der Waals surface area contributed by atoms with Crippen LogP contribution < -0.4 is 5.32 Å². The van der Waals surface area contributed by atoms with Crippen LogP contribution in [0.5, 0.6) is 0 Å². The van der Waals surface area contributed by atoms with Crippen LogP contribution in [-0.2, 0) is 25.9 Å². The largest absolute Gasteiger partial charge is 0.469 e. The molecule has 1 amide bonds. The zero-order chi connectivity index (χ0) is 25.0. The van der Waals surface area contributed by atoms with Gasteiger partial charge in [0.05, 0.1) is 48.4 Å². The molecule has 12 heteroatoms. The number of nitrogens with one attached hydrogen (secondary N) is 1. The normalized spacial score (nSPS) is 11.4. The number of rotatable bonds is 8. The number of carbonyl (C=O) groups is 2. The van der Waals surface area contributed by atoms with E-state index in [4.69, 9.17) is 0 Å². The Hall–Kier alpha value is -4.19. The van der Waals surface area contributed by atoms with Crippen molar-refractivity contribution >= 4 is 32.6 Å². The van der Waals surface area contributed by atoms with Crippen LogP contribution in [0.2, 0.25) is 0 Å². The number of hydrogen-bond donors (Lipinski definition) is 1. The topological polar surface area (TPSA) is 133 Å². The van der Waals surface area contributed by atoms with Crippen LogP contribution in [0.15, 0.2) is 66.2 Å². The Bertz CT molecular complexity index is 1490. The third kappa shape index (κ3) is 5.32. The van der Waals surface area contributed by atoms with Crippen molar-refractivity contribution in [1.29, 1.82) is 0 Å². The molecule has 0 saturated carbocycles. The van der Waals surface area contributed by atoms with Crippen molar-refractivity contribution in [3.8, 4) is 5.69 Å². The number of fused-ring (bicyclic) bond motifs is 1. The molecule has 4 rings (SSSR count). The molecule has 180 valence electrons. The van der Waals surface area contributed by atoms with E-state index in [2.05, 4.69) is 25.1 Å². The summed E-state index contributed by atoms with van der Waals surface area (Å²) in [6.45, 7) is 0.0941. The lowest BCUT2D eigenvalue weighted by Gasteiger charge is -2.08. The summed E-state index contributed by atoms with van der Waals surface area (Å²) in [6.07, 6.45) is 5.59. The second-order valence-electron chi connectivity index (χ2n) is 7.49. The number of carbonyl (C=O) groups excluding carboxylic acids is 2. The third-order valence-corrected chi connectivity index (χ3v) is 6.81. The van der Waals surface area contributed by atoms with Crippen LogP contribution in [0.4, 0.5) is 4.39 Å². The molecule has 3 heterocycles. The van der Waals surface area contributed by atoms with Crippen LogP contribution in [0, 0.1) is 5.82 Å². The van der Waals surface area contributed by atoms with E-state index < -0.39 is 27.5 Å².